The minimum atomic E-state index is 0.170. The molecule has 66 valence electrons. The van der Waals surface area contributed by atoms with Crippen LogP contribution in [0.1, 0.15) is 26.7 Å². The van der Waals surface area contributed by atoms with Crippen LogP contribution in [-0.4, -0.2) is 10.9 Å². The molecule has 0 aromatic rings. The highest BCUT2D eigenvalue weighted by Crippen LogP contribution is 2.53. The van der Waals surface area contributed by atoms with Gasteiger partial charge in [-0.25, -0.2) is 0 Å². The number of hydrogen-bond acceptors (Lipinski definition) is 2. The van der Waals surface area contributed by atoms with Gasteiger partial charge in [0.2, 0.25) is 0 Å². The molecule has 0 bridgehead atoms. The minimum absolute atomic E-state index is 0.170. The second kappa shape index (κ2) is 2.35. The zero-order valence-corrected chi connectivity index (χ0v) is 7.62. The highest BCUT2D eigenvalue weighted by atomic mass is 16.4. The van der Waals surface area contributed by atoms with Crippen molar-refractivity contribution in [3.05, 3.63) is 12.2 Å². The van der Waals surface area contributed by atoms with Crippen LogP contribution < -0.4 is 0 Å². The first-order valence-electron chi connectivity index (χ1n) is 4.59. The van der Waals surface area contributed by atoms with Crippen LogP contribution in [0.2, 0.25) is 0 Å². The van der Waals surface area contributed by atoms with Gasteiger partial charge >= 0.3 is 0 Å². The molecule has 0 radical (unpaired) electrons. The van der Waals surface area contributed by atoms with Crippen LogP contribution in [0, 0.1) is 17.3 Å². The lowest BCUT2D eigenvalue weighted by molar-refractivity contribution is 0.165. The summed E-state index contributed by atoms with van der Waals surface area (Å²) in [4.78, 5) is 0. The molecule has 0 aliphatic heterocycles. The Labute approximate surface area is 73.0 Å². The Bertz CT molecular complexity index is 257. The van der Waals surface area contributed by atoms with E-state index in [4.69, 9.17) is 5.21 Å². The molecular weight excluding hydrogens is 150 g/mol. The molecular formula is C10H15NO. The maximum absolute atomic E-state index is 8.82. The second-order valence-corrected chi connectivity index (χ2v) is 4.18. The summed E-state index contributed by atoms with van der Waals surface area (Å²) < 4.78 is 0. The molecule has 3 atom stereocenters. The van der Waals surface area contributed by atoms with E-state index in [9.17, 15) is 0 Å². The average Bonchev–Trinajstić information content (AvgIpc) is 2.04. The number of nitrogens with zero attached hydrogens (tertiary/aromatic N) is 1. The number of rotatable bonds is 0. The third-order valence-electron chi connectivity index (χ3n) is 3.57. The molecule has 2 aliphatic rings. The maximum Gasteiger partial charge on any atom is 0.0670 e. The predicted octanol–water partition coefficient (Wildman–Crippen LogP) is 2.44. The maximum atomic E-state index is 8.82. The van der Waals surface area contributed by atoms with Crippen molar-refractivity contribution in [1.82, 2.24) is 0 Å². The van der Waals surface area contributed by atoms with Gasteiger partial charge in [-0.2, -0.15) is 0 Å². The zero-order chi connectivity index (χ0) is 8.77. The average molecular weight is 165 g/mol. The van der Waals surface area contributed by atoms with Crippen molar-refractivity contribution in [2.75, 3.05) is 0 Å². The van der Waals surface area contributed by atoms with Gasteiger partial charge in [0.05, 0.1) is 5.71 Å². The monoisotopic (exact) mass is 165 g/mol. The lowest BCUT2D eigenvalue weighted by Gasteiger charge is -2.53. The Hall–Kier alpha value is -0.790. The van der Waals surface area contributed by atoms with Crippen LogP contribution in [0.3, 0.4) is 0 Å². The van der Waals surface area contributed by atoms with E-state index in [2.05, 4.69) is 31.2 Å². The number of allylic oxidation sites excluding steroid dienone is 2. The van der Waals surface area contributed by atoms with Crippen molar-refractivity contribution in [1.29, 1.82) is 0 Å². The molecule has 0 heterocycles. The van der Waals surface area contributed by atoms with Crippen LogP contribution in [0.15, 0.2) is 17.3 Å². The van der Waals surface area contributed by atoms with E-state index in [1.54, 1.807) is 0 Å². The van der Waals surface area contributed by atoms with Gasteiger partial charge < -0.3 is 5.21 Å². The van der Waals surface area contributed by atoms with Crippen LogP contribution in [0.5, 0.6) is 0 Å². The first kappa shape index (κ1) is 7.84. The highest BCUT2D eigenvalue weighted by molar-refractivity contribution is 5.98. The topological polar surface area (TPSA) is 32.6 Å². The number of fused-ring (bicyclic) bond motifs is 1. The molecule has 2 nitrogen and oxygen atoms in total. The lowest BCUT2D eigenvalue weighted by Crippen LogP contribution is -2.55. The molecule has 0 saturated heterocycles. The normalized spacial score (nSPS) is 48.7. The van der Waals surface area contributed by atoms with Crippen LogP contribution in [0.25, 0.3) is 0 Å². The van der Waals surface area contributed by atoms with Gasteiger partial charge in [-0.1, -0.05) is 31.2 Å². The molecule has 2 rings (SSSR count). The minimum Gasteiger partial charge on any atom is -0.411 e. The Morgan fingerprint density at radius 3 is 3.08 bits per heavy atom. The molecule has 1 fully saturated rings. The summed E-state index contributed by atoms with van der Waals surface area (Å²) in [6, 6.07) is 0. The Morgan fingerprint density at radius 2 is 2.42 bits per heavy atom. The molecule has 0 aromatic heterocycles. The molecule has 2 heteroatoms. The van der Waals surface area contributed by atoms with Crippen molar-refractivity contribution in [2.45, 2.75) is 26.7 Å². The molecule has 1 N–H and O–H groups in total. The van der Waals surface area contributed by atoms with Crippen molar-refractivity contribution in [2.24, 2.45) is 22.4 Å². The summed E-state index contributed by atoms with van der Waals surface area (Å²) in [7, 11) is 0. The third-order valence-corrected chi connectivity index (χ3v) is 3.57. The number of oxime groups is 1. The quantitative estimate of drug-likeness (QED) is 0.334. The van der Waals surface area contributed by atoms with E-state index >= 15 is 0 Å². The fourth-order valence-electron chi connectivity index (χ4n) is 2.82. The summed E-state index contributed by atoms with van der Waals surface area (Å²) in [6.07, 6.45) is 6.79. The molecule has 3 unspecified atom stereocenters. The van der Waals surface area contributed by atoms with Crippen LogP contribution in [0.4, 0.5) is 0 Å². The molecule has 0 aromatic carbocycles. The van der Waals surface area contributed by atoms with E-state index in [0.717, 1.165) is 18.6 Å². The fraction of sp³-hybridized carbons (Fsp3) is 0.700. The van der Waals surface area contributed by atoms with Gasteiger partial charge in [0, 0.05) is 11.3 Å². The number of hydrogen-bond donors (Lipinski definition) is 1. The van der Waals surface area contributed by atoms with Crippen molar-refractivity contribution in [3.8, 4) is 0 Å². The summed E-state index contributed by atoms with van der Waals surface area (Å²) in [5, 5.41) is 12.2. The summed E-state index contributed by atoms with van der Waals surface area (Å²) >= 11 is 0. The zero-order valence-electron chi connectivity index (χ0n) is 7.62. The first-order valence-corrected chi connectivity index (χ1v) is 4.59. The van der Waals surface area contributed by atoms with Crippen LogP contribution >= 0.6 is 0 Å². The standard InChI is InChI=1S/C10H15NO/c1-7-8-5-3-4-6-10(8,2)9(7)11-12/h3,5,7-8,12H,4,6H2,1-2H3. The van der Waals surface area contributed by atoms with E-state index in [0.29, 0.717) is 11.8 Å². The van der Waals surface area contributed by atoms with Gasteiger partial charge in [0.1, 0.15) is 0 Å². The second-order valence-electron chi connectivity index (χ2n) is 4.18. The van der Waals surface area contributed by atoms with Gasteiger partial charge in [0.15, 0.2) is 0 Å². The smallest absolute Gasteiger partial charge is 0.0670 e. The van der Waals surface area contributed by atoms with E-state index in [1.807, 2.05) is 0 Å². The molecule has 0 amide bonds. The third kappa shape index (κ3) is 0.728. The summed E-state index contributed by atoms with van der Waals surface area (Å²) in [5.41, 5.74) is 1.17. The largest absolute Gasteiger partial charge is 0.411 e. The van der Waals surface area contributed by atoms with E-state index in [1.165, 1.54) is 0 Å². The van der Waals surface area contributed by atoms with Crippen molar-refractivity contribution >= 4 is 5.71 Å². The fourth-order valence-corrected chi connectivity index (χ4v) is 2.82. The Morgan fingerprint density at radius 1 is 1.67 bits per heavy atom. The van der Waals surface area contributed by atoms with E-state index in [-0.39, 0.29) is 5.41 Å². The van der Waals surface area contributed by atoms with Gasteiger partial charge in [-0.05, 0) is 18.8 Å². The van der Waals surface area contributed by atoms with Crippen molar-refractivity contribution in [3.63, 3.8) is 0 Å². The SMILES string of the molecule is CC1C(=NO)C2(C)CCC=CC12. The lowest BCUT2D eigenvalue weighted by atomic mass is 9.50. The molecule has 1 saturated carbocycles. The van der Waals surface area contributed by atoms with Gasteiger partial charge in [-0.15, -0.1) is 0 Å². The molecule has 2 aliphatic carbocycles. The molecule has 12 heavy (non-hydrogen) atoms. The van der Waals surface area contributed by atoms with Gasteiger partial charge in [-0.3, -0.25) is 0 Å². The summed E-state index contributed by atoms with van der Waals surface area (Å²) in [6.45, 7) is 4.34. The van der Waals surface area contributed by atoms with Gasteiger partial charge in [0.25, 0.3) is 0 Å². The predicted molar refractivity (Wildman–Crippen MR) is 48.4 cm³/mol. The Balaban J connectivity index is 2.32. The Kier molecular flexibility index (Phi) is 1.53. The van der Waals surface area contributed by atoms with Crippen LogP contribution in [-0.2, 0) is 0 Å². The van der Waals surface area contributed by atoms with E-state index < -0.39 is 0 Å². The molecule has 0 spiro atoms. The first-order chi connectivity index (χ1) is 5.70. The van der Waals surface area contributed by atoms with Crippen molar-refractivity contribution < 1.29 is 5.21 Å². The summed E-state index contributed by atoms with van der Waals surface area (Å²) in [5.74, 6) is 1.05. The highest BCUT2D eigenvalue weighted by Gasteiger charge is 2.54.